The quantitative estimate of drug-likeness (QED) is 0.678. The molecule has 0 bridgehead atoms. The SMILES string of the molecule is COC(=O)N(C)CC(=O)N(c1cccc(F)c1)C1C(=O)N(C2CCCCC2)c2ccccc21. The molecule has 3 amide bonds. The standard InChI is InChI=1S/C25H28FN3O4/c1-27(25(32)33-2)16-22(30)29(19-12-8-9-17(26)15-19)23-20-13-6-7-14-21(20)28(24(23)31)18-10-4-3-5-11-18/h6-9,12-15,18,23H,3-5,10-11,16H2,1-2H3. The van der Waals surface area contributed by atoms with Crippen molar-refractivity contribution in [1.29, 1.82) is 0 Å². The zero-order valence-electron chi connectivity index (χ0n) is 18.9. The van der Waals surface area contributed by atoms with Crippen LogP contribution in [0.4, 0.5) is 20.6 Å². The molecule has 1 fully saturated rings. The molecule has 4 rings (SSSR count). The van der Waals surface area contributed by atoms with Gasteiger partial charge in [0.2, 0.25) is 5.91 Å². The summed E-state index contributed by atoms with van der Waals surface area (Å²) in [6.07, 6.45) is 4.40. The molecular formula is C25H28FN3O4. The molecule has 2 aromatic rings. The van der Waals surface area contributed by atoms with Gasteiger partial charge in [-0.2, -0.15) is 0 Å². The first-order chi connectivity index (χ1) is 15.9. The zero-order chi connectivity index (χ0) is 23.5. The van der Waals surface area contributed by atoms with Crippen LogP contribution in [0.2, 0.25) is 0 Å². The highest BCUT2D eigenvalue weighted by molar-refractivity contribution is 6.12. The lowest BCUT2D eigenvalue weighted by Crippen LogP contribution is -2.48. The molecular weight excluding hydrogens is 425 g/mol. The van der Waals surface area contributed by atoms with Gasteiger partial charge >= 0.3 is 6.09 Å². The Hall–Kier alpha value is -3.42. The summed E-state index contributed by atoms with van der Waals surface area (Å²) in [4.78, 5) is 43.5. The van der Waals surface area contributed by atoms with Crippen LogP contribution in [-0.2, 0) is 14.3 Å². The molecule has 33 heavy (non-hydrogen) atoms. The first-order valence-electron chi connectivity index (χ1n) is 11.2. The van der Waals surface area contributed by atoms with Gasteiger partial charge in [0.15, 0.2) is 0 Å². The summed E-state index contributed by atoms with van der Waals surface area (Å²) in [5.74, 6) is -1.23. The van der Waals surface area contributed by atoms with Crippen molar-refractivity contribution < 1.29 is 23.5 Å². The summed E-state index contributed by atoms with van der Waals surface area (Å²) in [5.41, 5.74) is 1.75. The number of nitrogens with zero attached hydrogens (tertiary/aromatic N) is 3. The Morgan fingerprint density at radius 3 is 2.52 bits per heavy atom. The Balaban J connectivity index is 1.76. The van der Waals surface area contributed by atoms with Crippen molar-refractivity contribution in [1.82, 2.24) is 4.90 Å². The van der Waals surface area contributed by atoms with Crippen molar-refractivity contribution >= 4 is 29.3 Å². The lowest BCUT2D eigenvalue weighted by atomic mass is 9.94. The molecule has 0 spiro atoms. The predicted molar refractivity (Wildman–Crippen MR) is 122 cm³/mol. The monoisotopic (exact) mass is 453 g/mol. The van der Waals surface area contributed by atoms with Crippen molar-refractivity contribution in [3.05, 3.63) is 59.9 Å². The fraction of sp³-hybridized carbons (Fsp3) is 0.400. The number of carbonyl (C=O) groups is 3. The van der Waals surface area contributed by atoms with E-state index < -0.39 is 23.9 Å². The average molecular weight is 454 g/mol. The fourth-order valence-corrected chi connectivity index (χ4v) is 4.85. The molecule has 1 aliphatic heterocycles. The number of para-hydroxylation sites is 1. The van der Waals surface area contributed by atoms with Crippen molar-refractivity contribution in [2.75, 3.05) is 30.5 Å². The van der Waals surface area contributed by atoms with Crippen molar-refractivity contribution in [2.24, 2.45) is 0 Å². The summed E-state index contributed by atoms with van der Waals surface area (Å²) < 4.78 is 18.9. The molecule has 1 saturated carbocycles. The number of halogens is 1. The van der Waals surface area contributed by atoms with Crippen molar-refractivity contribution in [3.63, 3.8) is 0 Å². The Morgan fingerprint density at radius 1 is 1.09 bits per heavy atom. The molecule has 7 nitrogen and oxygen atoms in total. The molecule has 0 radical (unpaired) electrons. The number of amides is 3. The summed E-state index contributed by atoms with van der Waals surface area (Å²) in [5, 5.41) is 0. The third kappa shape index (κ3) is 4.42. The number of fused-ring (bicyclic) bond motifs is 1. The van der Waals surface area contributed by atoms with E-state index in [1.165, 1.54) is 37.3 Å². The fourth-order valence-electron chi connectivity index (χ4n) is 4.85. The maximum atomic E-state index is 14.2. The lowest BCUT2D eigenvalue weighted by molar-refractivity contribution is -0.125. The van der Waals surface area contributed by atoms with E-state index in [-0.39, 0.29) is 24.2 Å². The van der Waals surface area contributed by atoms with Crippen LogP contribution in [0, 0.1) is 5.82 Å². The maximum absolute atomic E-state index is 14.2. The number of rotatable bonds is 5. The zero-order valence-corrected chi connectivity index (χ0v) is 18.9. The van der Waals surface area contributed by atoms with Gasteiger partial charge in [-0.1, -0.05) is 43.5 Å². The van der Waals surface area contributed by atoms with E-state index in [1.54, 1.807) is 6.07 Å². The van der Waals surface area contributed by atoms with Gasteiger partial charge in [0.1, 0.15) is 18.4 Å². The van der Waals surface area contributed by atoms with Crippen LogP contribution in [0.3, 0.4) is 0 Å². The number of anilines is 2. The highest BCUT2D eigenvalue weighted by Crippen LogP contribution is 2.44. The molecule has 174 valence electrons. The molecule has 0 N–H and O–H groups in total. The van der Waals surface area contributed by atoms with E-state index in [1.807, 2.05) is 29.2 Å². The van der Waals surface area contributed by atoms with Crippen molar-refractivity contribution in [3.8, 4) is 0 Å². The number of benzene rings is 2. The first-order valence-corrected chi connectivity index (χ1v) is 11.2. The van der Waals surface area contributed by atoms with Crippen LogP contribution in [0.15, 0.2) is 48.5 Å². The third-order valence-corrected chi connectivity index (χ3v) is 6.37. The Bertz CT molecular complexity index is 1050. The molecule has 1 heterocycles. The number of ether oxygens (including phenoxy) is 1. The molecule has 2 aliphatic rings. The Morgan fingerprint density at radius 2 is 1.82 bits per heavy atom. The molecule has 2 aromatic carbocycles. The van der Waals surface area contributed by atoms with Gasteiger partial charge < -0.3 is 14.5 Å². The Labute approximate surface area is 192 Å². The average Bonchev–Trinajstić information content (AvgIpc) is 3.11. The van der Waals surface area contributed by atoms with E-state index in [9.17, 15) is 18.8 Å². The topological polar surface area (TPSA) is 70.2 Å². The summed E-state index contributed by atoms with van der Waals surface area (Å²) >= 11 is 0. The normalized spacial score (nSPS) is 18.1. The van der Waals surface area contributed by atoms with Gasteiger partial charge in [-0.05, 0) is 37.1 Å². The van der Waals surface area contributed by atoms with Crippen LogP contribution >= 0.6 is 0 Å². The number of hydrogen-bond acceptors (Lipinski definition) is 4. The van der Waals surface area contributed by atoms with Gasteiger partial charge in [-0.25, -0.2) is 9.18 Å². The number of carbonyl (C=O) groups excluding carboxylic acids is 3. The number of methoxy groups -OCH3 is 1. The lowest BCUT2D eigenvalue weighted by Gasteiger charge is -2.33. The second kappa shape index (κ2) is 9.60. The second-order valence-corrected chi connectivity index (χ2v) is 8.53. The van der Waals surface area contributed by atoms with E-state index in [4.69, 9.17) is 4.74 Å². The van der Waals surface area contributed by atoms with Gasteiger partial charge in [0, 0.05) is 30.0 Å². The minimum atomic E-state index is -0.941. The molecule has 1 aliphatic carbocycles. The van der Waals surface area contributed by atoms with E-state index >= 15 is 0 Å². The Kier molecular flexibility index (Phi) is 6.62. The first kappa shape index (κ1) is 22.8. The van der Waals surface area contributed by atoms with Gasteiger partial charge in [-0.15, -0.1) is 0 Å². The molecule has 1 atom stereocenters. The van der Waals surface area contributed by atoms with Crippen LogP contribution < -0.4 is 9.80 Å². The number of likely N-dealkylation sites (N-methyl/N-ethyl adjacent to an activating group) is 1. The number of hydrogen-bond donors (Lipinski definition) is 0. The minimum Gasteiger partial charge on any atom is -0.453 e. The summed E-state index contributed by atoms with van der Waals surface area (Å²) in [6, 6.07) is 12.2. The molecule has 0 aromatic heterocycles. The maximum Gasteiger partial charge on any atom is 0.409 e. The molecule has 1 unspecified atom stereocenters. The van der Waals surface area contributed by atoms with Gasteiger partial charge in [0.25, 0.3) is 5.91 Å². The minimum absolute atomic E-state index is 0.0691. The van der Waals surface area contributed by atoms with Crippen LogP contribution in [0.25, 0.3) is 0 Å². The van der Waals surface area contributed by atoms with Gasteiger partial charge in [-0.3, -0.25) is 14.5 Å². The summed E-state index contributed by atoms with van der Waals surface area (Å²) in [7, 11) is 2.67. The second-order valence-electron chi connectivity index (χ2n) is 8.53. The third-order valence-electron chi connectivity index (χ3n) is 6.37. The van der Waals surface area contributed by atoms with Gasteiger partial charge in [0.05, 0.1) is 7.11 Å². The summed E-state index contributed by atoms with van der Waals surface area (Å²) in [6.45, 7) is -0.321. The molecule has 8 heteroatoms. The van der Waals surface area contributed by atoms with Crippen LogP contribution in [0.1, 0.15) is 43.7 Å². The van der Waals surface area contributed by atoms with E-state index in [0.717, 1.165) is 42.7 Å². The van der Waals surface area contributed by atoms with Crippen LogP contribution in [0.5, 0.6) is 0 Å². The van der Waals surface area contributed by atoms with Crippen molar-refractivity contribution in [2.45, 2.75) is 44.2 Å². The van der Waals surface area contributed by atoms with E-state index in [2.05, 4.69) is 0 Å². The smallest absolute Gasteiger partial charge is 0.409 e. The highest BCUT2D eigenvalue weighted by Gasteiger charge is 2.46. The van der Waals surface area contributed by atoms with E-state index in [0.29, 0.717) is 5.56 Å². The van der Waals surface area contributed by atoms with Crippen LogP contribution in [-0.4, -0.2) is 49.6 Å². The molecule has 0 saturated heterocycles. The predicted octanol–water partition coefficient (Wildman–Crippen LogP) is 4.28. The largest absolute Gasteiger partial charge is 0.453 e. The highest BCUT2D eigenvalue weighted by atomic mass is 19.1.